The fourth-order valence-corrected chi connectivity index (χ4v) is 1.74. The molecule has 0 aliphatic rings. The Morgan fingerprint density at radius 2 is 2.06 bits per heavy atom. The van der Waals surface area contributed by atoms with Crippen molar-refractivity contribution in [2.24, 2.45) is 0 Å². The summed E-state index contributed by atoms with van der Waals surface area (Å²) in [6.45, 7) is 1.48. The van der Waals surface area contributed by atoms with E-state index in [0.717, 1.165) is 7.11 Å². The van der Waals surface area contributed by atoms with E-state index in [1.54, 1.807) is 0 Å². The molecule has 0 N–H and O–H groups in total. The zero-order valence-electron chi connectivity index (χ0n) is 8.35. The van der Waals surface area contributed by atoms with Crippen molar-refractivity contribution >= 4 is 21.9 Å². The molecule has 1 aromatic heterocycles. The predicted octanol–water partition coefficient (Wildman–Crippen LogP) is 2.96. The van der Waals surface area contributed by atoms with Crippen LogP contribution in [0.5, 0.6) is 0 Å². The first kappa shape index (κ1) is 13.0. The highest BCUT2D eigenvalue weighted by Gasteiger charge is 2.36. The summed E-state index contributed by atoms with van der Waals surface area (Å²) >= 11 is 2.75. The molecule has 0 atom stereocenters. The number of alkyl halides is 3. The van der Waals surface area contributed by atoms with E-state index in [-0.39, 0.29) is 10.2 Å². The number of esters is 1. The highest BCUT2D eigenvalue weighted by Crippen LogP contribution is 2.34. The highest BCUT2D eigenvalue weighted by molar-refractivity contribution is 9.10. The second kappa shape index (κ2) is 4.40. The van der Waals surface area contributed by atoms with Gasteiger partial charge in [-0.15, -0.1) is 0 Å². The van der Waals surface area contributed by atoms with Gasteiger partial charge in [0.15, 0.2) is 11.4 Å². The Kier molecular flexibility index (Phi) is 3.57. The molecule has 0 spiro atoms. The number of hydrogen-bond donors (Lipinski definition) is 0. The second-order valence-electron chi connectivity index (χ2n) is 2.97. The summed E-state index contributed by atoms with van der Waals surface area (Å²) in [6.07, 6.45) is -4.62. The maximum atomic E-state index is 12.5. The first-order chi connectivity index (χ1) is 7.27. The van der Waals surface area contributed by atoms with Gasteiger partial charge in [-0.2, -0.15) is 13.2 Å². The van der Waals surface area contributed by atoms with Gasteiger partial charge in [0.1, 0.15) is 0 Å². The van der Waals surface area contributed by atoms with Crippen molar-refractivity contribution in [3.63, 3.8) is 0 Å². The van der Waals surface area contributed by atoms with Crippen LogP contribution in [0, 0.1) is 6.92 Å². The number of rotatable bonds is 1. The number of aryl methyl sites for hydroxylation is 1. The summed E-state index contributed by atoms with van der Waals surface area (Å²) in [7, 11) is 1.08. The van der Waals surface area contributed by atoms with Crippen LogP contribution in [0.3, 0.4) is 0 Å². The fraction of sp³-hybridized carbons (Fsp3) is 0.333. The van der Waals surface area contributed by atoms with Crippen molar-refractivity contribution < 1.29 is 22.7 Å². The Morgan fingerprint density at radius 1 is 1.50 bits per heavy atom. The Bertz CT molecular complexity index is 431. The van der Waals surface area contributed by atoms with Crippen LogP contribution in [-0.4, -0.2) is 18.1 Å². The first-order valence-electron chi connectivity index (χ1n) is 4.10. The molecule has 7 heteroatoms. The third kappa shape index (κ3) is 2.52. The predicted molar refractivity (Wildman–Crippen MR) is 53.0 cm³/mol. The largest absolute Gasteiger partial charge is 0.464 e. The van der Waals surface area contributed by atoms with Gasteiger partial charge < -0.3 is 4.74 Å². The smallest absolute Gasteiger partial charge is 0.434 e. The highest BCUT2D eigenvalue weighted by atomic mass is 79.9. The van der Waals surface area contributed by atoms with Crippen LogP contribution in [0.4, 0.5) is 13.2 Å². The van der Waals surface area contributed by atoms with Crippen LogP contribution in [-0.2, 0) is 10.9 Å². The van der Waals surface area contributed by atoms with Crippen LogP contribution in [0.25, 0.3) is 0 Å². The minimum absolute atomic E-state index is 0.204. The molecule has 0 fully saturated rings. The molecule has 0 saturated heterocycles. The molecule has 88 valence electrons. The van der Waals surface area contributed by atoms with Crippen molar-refractivity contribution in [1.29, 1.82) is 0 Å². The molecule has 0 amide bonds. The van der Waals surface area contributed by atoms with Crippen molar-refractivity contribution in [2.45, 2.75) is 13.1 Å². The van der Waals surface area contributed by atoms with Gasteiger partial charge in [0, 0.05) is 4.47 Å². The van der Waals surface area contributed by atoms with Gasteiger partial charge in [-0.1, -0.05) is 0 Å². The van der Waals surface area contributed by atoms with E-state index >= 15 is 0 Å². The molecule has 3 nitrogen and oxygen atoms in total. The van der Waals surface area contributed by atoms with E-state index in [1.165, 1.54) is 13.0 Å². The second-order valence-corrected chi connectivity index (χ2v) is 3.83. The monoisotopic (exact) mass is 297 g/mol. The van der Waals surface area contributed by atoms with E-state index in [9.17, 15) is 18.0 Å². The Morgan fingerprint density at radius 3 is 2.50 bits per heavy atom. The van der Waals surface area contributed by atoms with Crippen molar-refractivity contribution in [2.75, 3.05) is 7.11 Å². The Hall–Kier alpha value is -1.11. The average Bonchev–Trinajstić information content (AvgIpc) is 2.14. The van der Waals surface area contributed by atoms with Gasteiger partial charge in [-0.3, -0.25) is 0 Å². The lowest BCUT2D eigenvalue weighted by molar-refractivity contribution is -0.141. The molecule has 0 aromatic carbocycles. The maximum absolute atomic E-state index is 12.5. The number of carbonyl (C=O) groups is 1. The number of carbonyl (C=O) groups excluding carboxylic acids is 1. The van der Waals surface area contributed by atoms with Crippen molar-refractivity contribution in [3.05, 3.63) is 27.5 Å². The van der Waals surface area contributed by atoms with Gasteiger partial charge in [0.2, 0.25) is 0 Å². The number of hydrogen-bond acceptors (Lipinski definition) is 3. The minimum Gasteiger partial charge on any atom is -0.464 e. The molecule has 1 heterocycles. The fourth-order valence-electron chi connectivity index (χ4n) is 1.08. The minimum atomic E-state index is -4.62. The SMILES string of the molecule is COC(=O)c1nc(C(F)(F)F)c(Br)cc1C. The van der Waals surface area contributed by atoms with E-state index in [2.05, 4.69) is 25.7 Å². The molecule has 16 heavy (non-hydrogen) atoms. The van der Waals surface area contributed by atoms with Crippen LogP contribution < -0.4 is 0 Å². The molecule has 0 bridgehead atoms. The number of nitrogens with zero attached hydrogens (tertiary/aromatic N) is 1. The van der Waals surface area contributed by atoms with Gasteiger partial charge in [-0.25, -0.2) is 9.78 Å². The lowest BCUT2D eigenvalue weighted by Gasteiger charge is -2.11. The molecule has 1 aromatic rings. The summed E-state index contributed by atoms with van der Waals surface area (Å²) in [5, 5.41) is 0. The number of halogens is 4. The standard InChI is InChI=1S/C9H7BrF3NO2/c1-4-3-5(10)7(9(11,12)13)14-6(4)8(15)16-2/h3H,1-2H3. The number of methoxy groups -OCH3 is 1. The number of aromatic nitrogens is 1. The first-order valence-corrected chi connectivity index (χ1v) is 4.89. The van der Waals surface area contributed by atoms with Crippen LogP contribution >= 0.6 is 15.9 Å². The van der Waals surface area contributed by atoms with Gasteiger partial charge in [-0.05, 0) is 34.5 Å². The van der Waals surface area contributed by atoms with Gasteiger partial charge in [0.25, 0.3) is 0 Å². The molecule has 0 aliphatic heterocycles. The summed E-state index contributed by atoms with van der Waals surface area (Å²) in [5.74, 6) is -0.893. The van der Waals surface area contributed by atoms with E-state index in [0.29, 0.717) is 5.56 Å². The van der Waals surface area contributed by atoms with Crippen molar-refractivity contribution in [3.8, 4) is 0 Å². The van der Waals surface area contributed by atoms with Crippen molar-refractivity contribution in [1.82, 2.24) is 4.98 Å². The topological polar surface area (TPSA) is 39.2 Å². The number of ether oxygens (including phenoxy) is 1. The molecule has 0 radical (unpaired) electrons. The molecule has 0 saturated carbocycles. The average molecular weight is 298 g/mol. The lowest BCUT2D eigenvalue weighted by atomic mass is 10.2. The van der Waals surface area contributed by atoms with Crippen LogP contribution in [0.1, 0.15) is 21.7 Å². The number of pyridine rings is 1. The Balaban J connectivity index is 3.39. The van der Waals surface area contributed by atoms with E-state index < -0.39 is 17.8 Å². The third-order valence-electron chi connectivity index (χ3n) is 1.81. The van der Waals surface area contributed by atoms with E-state index in [4.69, 9.17) is 0 Å². The van der Waals surface area contributed by atoms with Gasteiger partial charge in [0.05, 0.1) is 7.11 Å². The van der Waals surface area contributed by atoms with Crippen LogP contribution in [0.15, 0.2) is 10.5 Å². The summed E-state index contributed by atoms with van der Waals surface area (Å²) in [5.41, 5.74) is -1.16. The Labute approximate surface area is 97.8 Å². The molecular weight excluding hydrogens is 291 g/mol. The summed E-state index contributed by atoms with van der Waals surface area (Å²) < 4.78 is 41.6. The van der Waals surface area contributed by atoms with Gasteiger partial charge >= 0.3 is 12.1 Å². The normalized spacial score (nSPS) is 11.4. The lowest BCUT2D eigenvalue weighted by Crippen LogP contribution is -2.15. The van der Waals surface area contributed by atoms with Crippen LogP contribution in [0.2, 0.25) is 0 Å². The zero-order valence-corrected chi connectivity index (χ0v) is 9.94. The quantitative estimate of drug-likeness (QED) is 0.748. The zero-order chi connectivity index (χ0) is 12.5. The third-order valence-corrected chi connectivity index (χ3v) is 2.42. The molecule has 1 rings (SSSR count). The summed E-state index contributed by atoms with van der Waals surface area (Å²) in [4.78, 5) is 14.4. The molecular formula is C9H7BrF3NO2. The maximum Gasteiger partial charge on any atom is 0.434 e. The molecule has 0 aliphatic carbocycles. The molecule has 0 unspecified atom stereocenters. The summed E-state index contributed by atoms with van der Waals surface area (Å²) in [6, 6.07) is 1.18. The van der Waals surface area contributed by atoms with E-state index in [1.807, 2.05) is 0 Å².